The number of para-hydroxylation sites is 1. The van der Waals surface area contributed by atoms with Crippen molar-refractivity contribution in [2.45, 2.75) is 65.2 Å². The molecule has 5 heteroatoms. The summed E-state index contributed by atoms with van der Waals surface area (Å²) in [4.78, 5) is 14.0. The fourth-order valence-corrected chi connectivity index (χ4v) is 3.34. The van der Waals surface area contributed by atoms with Gasteiger partial charge in [-0.25, -0.2) is 9.10 Å². The van der Waals surface area contributed by atoms with Gasteiger partial charge in [0.1, 0.15) is 12.2 Å². The molecule has 1 rings (SSSR count). The molecule has 4 nitrogen and oxygen atoms in total. The molecule has 0 aliphatic carbocycles. The van der Waals surface area contributed by atoms with Gasteiger partial charge in [-0.05, 0) is 25.0 Å². The Kier molecular flexibility index (Phi) is 11.4. The maximum absolute atomic E-state index is 12.4. The van der Waals surface area contributed by atoms with Crippen LogP contribution in [0, 0.1) is 6.92 Å². The van der Waals surface area contributed by atoms with Gasteiger partial charge in [0, 0.05) is 14.1 Å². The van der Waals surface area contributed by atoms with E-state index in [2.05, 4.69) is 6.92 Å². The molecule has 0 atom stereocenters. The second-order valence-electron chi connectivity index (χ2n) is 6.63. The Hall–Kier alpha value is -1.20. The lowest BCUT2D eigenvalue weighted by Gasteiger charge is -2.25. The molecular formula is C20H34N2O2S. The van der Waals surface area contributed by atoms with Gasteiger partial charge < -0.3 is 4.90 Å². The lowest BCUT2D eigenvalue weighted by molar-refractivity contribution is 0.227. The van der Waals surface area contributed by atoms with Gasteiger partial charge in [0.25, 0.3) is 0 Å². The van der Waals surface area contributed by atoms with Crippen molar-refractivity contribution in [2.24, 2.45) is 0 Å². The standard InChI is InChI=1S/C20H34N2O2S/c1-5-6-7-8-9-10-11-14-17-24-25-22(20(23)21(3)4)19-16-13-12-15-18(19)2/h12-13,15-16H,5-11,14,17H2,1-4H3. The predicted molar refractivity (Wildman–Crippen MR) is 109 cm³/mol. The quantitative estimate of drug-likeness (QED) is 0.251. The molecule has 0 radical (unpaired) electrons. The second-order valence-corrected chi connectivity index (χ2v) is 7.38. The highest BCUT2D eigenvalue weighted by molar-refractivity contribution is 7.96. The number of aryl methyl sites for hydroxylation is 1. The van der Waals surface area contributed by atoms with E-state index in [1.807, 2.05) is 31.2 Å². The van der Waals surface area contributed by atoms with Gasteiger partial charge in [-0.2, -0.15) is 0 Å². The normalized spacial score (nSPS) is 10.7. The number of urea groups is 1. The molecule has 0 fully saturated rings. The third kappa shape index (κ3) is 8.63. The summed E-state index contributed by atoms with van der Waals surface area (Å²) < 4.78 is 7.34. The summed E-state index contributed by atoms with van der Waals surface area (Å²) in [6, 6.07) is 7.78. The fourth-order valence-electron chi connectivity index (χ4n) is 2.53. The zero-order valence-electron chi connectivity index (χ0n) is 16.3. The van der Waals surface area contributed by atoms with E-state index in [1.165, 1.54) is 44.9 Å². The predicted octanol–water partition coefficient (Wildman–Crippen LogP) is 6.20. The van der Waals surface area contributed by atoms with Crippen molar-refractivity contribution in [2.75, 3.05) is 25.0 Å². The summed E-state index contributed by atoms with van der Waals surface area (Å²) in [6.07, 6.45) is 10.2. The second kappa shape index (κ2) is 13.1. The van der Waals surface area contributed by atoms with E-state index in [4.69, 9.17) is 4.18 Å². The summed E-state index contributed by atoms with van der Waals surface area (Å²) in [5.41, 5.74) is 1.93. The van der Waals surface area contributed by atoms with Crippen LogP contribution in [0.4, 0.5) is 10.5 Å². The molecule has 1 aromatic carbocycles. The zero-order valence-corrected chi connectivity index (χ0v) is 17.1. The van der Waals surface area contributed by atoms with Gasteiger partial charge in [0.2, 0.25) is 0 Å². The smallest absolute Gasteiger partial charge is 0.330 e. The molecular weight excluding hydrogens is 332 g/mol. The molecule has 0 aliphatic rings. The van der Waals surface area contributed by atoms with E-state index in [0.29, 0.717) is 6.61 Å². The van der Waals surface area contributed by atoms with E-state index in [1.54, 1.807) is 23.3 Å². The minimum atomic E-state index is -0.0878. The first-order chi connectivity index (χ1) is 12.1. The van der Waals surface area contributed by atoms with Crippen LogP contribution in [0.25, 0.3) is 0 Å². The monoisotopic (exact) mass is 366 g/mol. The molecule has 0 unspecified atom stereocenters. The highest BCUT2D eigenvalue weighted by Crippen LogP contribution is 2.28. The van der Waals surface area contributed by atoms with Crippen LogP contribution < -0.4 is 4.31 Å². The minimum absolute atomic E-state index is 0.0878. The Morgan fingerprint density at radius 3 is 2.20 bits per heavy atom. The Morgan fingerprint density at radius 1 is 1.00 bits per heavy atom. The number of anilines is 1. The highest BCUT2D eigenvalue weighted by atomic mass is 32.2. The van der Waals surface area contributed by atoms with Gasteiger partial charge >= 0.3 is 6.03 Å². The lowest BCUT2D eigenvalue weighted by atomic mass is 10.1. The van der Waals surface area contributed by atoms with Crippen molar-refractivity contribution in [1.82, 2.24) is 4.90 Å². The number of carbonyl (C=O) groups is 1. The molecule has 0 saturated heterocycles. The van der Waals surface area contributed by atoms with Crippen molar-refractivity contribution in [1.29, 1.82) is 0 Å². The van der Waals surface area contributed by atoms with E-state index >= 15 is 0 Å². The van der Waals surface area contributed by atoms with E-state index in [0.717, 1.165) is 29.9 Å². The van der Waals surface area contributed by atoms with Gasteiger partial charge in [-0.3, -0.25) is 4.18 Å². The van der Waals surface area contributed by atoms with Crippen LogP contribution in [-0.4, -0.2) is 31.6 Å². The van der Waals surface area contributed by atoms with Crippen LogP contribution in [0.2, 0.25) is 0 Å². The molecule has 0 heterocycles. The number of amides is 2. The average molecular weight is 367 g/mol. The number of carbonyl (C=O) groups excluding carboxylic acids is 1. The van der Waals surface area contributed by atoms with Crippen LogP contribution in [-0.2, 0) is 4.18 Å². The van der Waals surface area contributed by atoms with Gasteiger partial charge in [0.05, 0.1) is 12.3 Å². The number of benzene rings is 1. The number of nitrogens with zero attached hydrogens (tertiary/aromatic N) is 2. The Bertz CT molecular complexity index is 494. The van der Waals surface area contributed by atoms with Crippen LogP contribution >= 0.6 is 12.2 Å². The summed E-state index contributed by atoms with van der Waals surface area (Å²) >= 11 is 1.14. The Balaban J connectivity index is 2.33. The Labute approximate surface area is 158 Å². The summed E-state index contributed by atoms with van der Waals surface area (Å²) in [6.45, 7) is 4.92. The van der Waals surface area contributed by atoms with Crippen LogP contribution in [0.1, 0.15) is 63.9 Å². The van der Waals surface area contributed by atoms with Crippen molar-refractivity contribution in [3.05, 3.63) is 29.8 Å². The Morgan fingerprint density at radius 2 is 1.60 bits per heavy atom. The third-order valence-electron chi connectivity index (χ3n) is 4.10. The number of hydrogen-bond donors (Lipinski definition) is 0. The molecule has 0 spiro atoms. The first kappa shape index (κ1) is 21.8. The highest BCUT2D eigenvalue weighted by Gasteiger charge is 2.20. The zero-order chi connectivity index (χ0) is 18.5. The molecule has 1 aromatic rings. The first-order valence-electron chi connectivity index (χ1n) is 9.44. The minimum Gasteiger partial charge on any atom is -0.330 e. The van der Waals surface area contributed by atoms with Crippen molar-refractivity contribution in [3.63, 3.8) is 0 Å². The van der Waals surface area contributed by atoms with Gasteiger partial charge in [-0.1, -0.05) is 70.1 Å². The van der Waals surface area contributed by atoms with Crippen LogP contribution in [0.3, 0.4) is 0 Å². The first-order valence-corrected chi connectivity index (χ1v) is 10.1. The molecule has 25 heavy (non-hydrogen) atoms. The van der Waals surface area contributed by atoms with Gasteiger partial charge in [0.15, 0.2) is 0 Å². The number of rotatable bonds is 12. The largest absolute Gasteiger partial charge is 0.335 e. The molecule has 0 bridgehead atoms. The van der Waals surface area contributed by atoms with Crippen molar-refractivity contribution < 1.29 is 8.98 Å². The molecule has 0 aromatic heterocycles. The van der Waals surface area contributed by atoms with E-state index < -0.39 is 0 Å². The fraction of sp³-hybridized carbons (Fsp3) is 0.650. The van der Waals surface area contributed by atoms with Gasteiger partial charge in [-0.15, -0.1) is 0 Å². The maximum Gasteiger partial charge on any atom is 0.335 e. The van der Waals surface area contributed by atoms with Crippen molar-refractivity contribution in [3.8, 4) is 0 Å². The summed E-state index contributed by atoms with van der Waals surface area (Å²) in [5, 5.41) is 0. The molecule has 2 amide bonds. The van der Waals surface area contributed by atoms with Crippen LogP contribution in [0.15, 0.2) is 24.3 Å². The SMILES string of the molecule is CCCCCCCCCCOSN(C(=O)N(C)C)c1ccccc1C. The molecule has 0 N–H and O–H groups in total. The summed E-state index contributed by atoms with van der Waals surface area (Å²) in [7, 11) is 3.51. The maximum atomic E-state index is 12.4. The molecule has 0 saturated carbocycles. The molecule has 0 aliphatic heterocycles. The van der Waals surface area contributed by atoms with Crippen LogP contribution in [0.5, 0.6) is 0 Å². The summed E-state index contributed by atoms with van der Waals surface area (Å²) in [5.74, 6) is 0. The average Bonchev–Trinajstić information content (AvgIpc) is 2.60. The van der Waals surface area contributed by atoms with E-state index in [-0.39, 0.29) is 6.03 Å². The van der Waals surface area contributed by atoms with E-state index in [9.17, 15) is 4.79 Å². The van der Waals surface area contributed by atoms with Crippen molar-refractivity contribution >= 4 is 23.9 Å². The molecule has 142 valence electrons. The third-order valence-corrected chi connectivity index (χ3v) is 4.87. The number of unbranched alkanes of at least 4 members (excludes halogenated alkanes) is 7. The lowest BCUT2D eigenvalue weighted by Crippen LogP contribution is -2.35. The number of hydrogen-bond acceptors (Lipinski definition) is 3. The topological polar surface area (TPSA) is 32.8 Å².